The first-order valence-corrected chi connectivity index (χ1v) is 10.6. The monoisotopic (exact) mass is 495 g/mol. The van der Waals surface area contributed by atoms with E-state index in [2.05, 4.69) is 56.8 Å². The van der Waals surface area contributed by atoms with E-state index in [0.29, 0.717) is 6.04 Å². The number of aromatic amines is 1. The molecule has 0 atom stereocenters. The first kappa shape index (κ1) is 21.4. The molecule has 4 rings (SSSR count). The SMILES string of the molecule is CCc1cccc2c(CCNC(=NC)NC3CCN(C4CC4)CC3)c[nH]c12.I. The van der Waals surface area contributed by atoms with Gasteiger partial charge in [-0.2, -0.15) is 0 Å². The lowest BCUT2D eigenvalue weighted by molar-refractivity contribution is 0.197. The van der Waals surface area contributed by atoms with Crippen LogP contribution in [0, 0.1) is 0 Å². The van der Waals surface area contributed by atoms with E-state index in [1.165, 1.54) is 60.8 Å². The lowest BCUT2D eigenvalue weighted by Gasteiger charge is -2.33. The smallest absolute Gasteiger partial charge is 0.191 e. The van der Waals surface area contributed by atoms with Gasteiger partial charge in [0.2, 0.25) is 0 Å². The average molecular weight is 495 g/mol. The second-order valence-electron chi connectivity index (χ2n) is 7.94. The van der Waals surface area contributed by atoms with Gasteiger partial charge in [0.25, 0.3) is 0 Å². The van der Waals surface area contributed by atoms with Gasteiger partial charge in [0.15, 0.2) is 5.96 Å². The van der Waals surface area contributed by atoms with Crippen LogP contribution >= 0.6 is 24.0 Å². The number of hydrogen-bond donors (Lipinski definition) is 3. The van der Waals surface area contributed by atoms with Gasteiger partial charge in [-0.05, 0) is 49.7 Å². The molecule has 6 heteroatoms. The maximum Gasteiger partial charge on any atom is 0.191 e. The normalized spacial score (nSPS) is 18.9. The topological polar surface area (TPSA) is 55.5 Å². The van der Waals surface area contributed by atoms with Gasteiger partial charge in [-0.25, -0.2) is 0 Å². The van der Waals surface area contributed by atoms with E-state index in [1.54, 1.807) is 0 Å². The number of H-pyrrole nitrogens is 1. The van der Waals surface area contributed by atoms with Gasteiger partial charge in [0.1, 0.15) is 0 Å². The molecule has 0 amide bonds. The van der Waals surface area contributed by atoms with Crippen LogP contribution in [0.25, 0.3) is 10.9 Å². The summed E-state index contributed by atoms with van der Waals surface area (Å²) in [4.78, 5) is 10.6. The lowest BCUT2D eigenvalue weighted by atomic mass is 10.0. The van der Waals surface area contributed by atoms with Crippen LogP contribution in [-0.2, 0) is 12.8 Å². The fraction of sp³-hybridized carbons (Fsp3) is 0.591. The van der Waals surface area contributed by atoms with Crippen molar-refractivity contribution in [2.45, 2.75) is 57.5 Å². The Bertz CT molecular complexity index is 787. The zero-order chi connectivity index (χ0) is 18.6. The number of aromatic nitrogens is 1. The first-order valence-electron chi connectivity index (χ1n) is 10.6. The molecule has 2 aromatic rings. The Morgan fingerprint density at radius 2 is 1.96 bits per heavy atom. The average Bonchev–Trinajstić information content (AvgIpc) is 3.48. The highest BCUT2D eigenvalue weighted by atomic mass is 127. The predicted molar refractivity (Wildman–Crippen MR) is 129 cm³/mol. The third-order valence-electron chi connectivity index (χ3n) is 6.11. The summed E-state index contributed by atoms with van der Waals surface area (Å²) in [6.07, 6.45) is 9.48. The zero-order valence-corrected chi connectivity index (χ0v) is 19.5. The maximum atomic E-state index is 4.43. The molecular weight excluding hydrogens is 461 g/mol. The fourth-order valence-electron chi connectivity index (χ4n) is 4.33. The van der Waals surface area contributed by atoms with Gasteiger partial charge < -0.3 is 20.5 Å². The highest BCUT2D eigenvalue weighted by Crippen LogP contribution is 2.29. The van der Waals surface area contributed by atoms with Gasteiger partial charge in [-0.1, -0.05) is 25.1 Å². The van der Waals surface area contributed by atoms with Crippen molar-refractivity contribution in [2.75, 3.05) is 26.7 Å². The fourth-order valence-corrected chi connectivity index (χ4v) is 4.33. The molecule has 0 bridgehead atoms. The van der Waals surface area contributed by atoms with E-state index >= 15 is 0 Å². The van der Waals surface area contributed by atoms with Gasteiger partial charge in [0, 0.05) is 55.9 Å². The molecule has 1 saturated heterocycles. The molecule has 1 aromatic carbocycles. The number of likely N-dealkylation sites (tertiary alicyclic amines) is 1. The number of fused-ring (bicyclic) bond motifs is 1. The Kier molecular flexibility index (Phi) is 7.62. The Morgan fingerprint density at radius 1 is 1.18 bits per heavy atom. The first-order chi connectivity index (χ1) is 13.3. The summed E-state index contributed by atoms with van der Waals surface area (Å²) in [6.45, 7) is 5.56. The van der Waals surface area contributed by atoms with Gasteiger partial charge in [-0.15, -0.1) is 24.0 Å². The van der Waals surface area contributed by atoms with Crippen LogP contribution < -0.4 is 10.6 Å². The van der Waals surface area contributed by atoms with E-state index in [9.17, 15) is 0 Å². The van der Waals surface area contributed by atoms with Crippen molar-refractivity contribution in [3.05, 3.63) is 35.5 Å². The lowest BCUT2D eigenvalue weighted by Crippen LogP contribution is -2.49. The van der Waals surface area contributed by atoms with Crippen molar-refractivity contribution in [2.24, 2.45) is 4.99 Å². The molecule has 5 nitrogen and oxygen atoms in total. The quantitative estimate of drug-likeness (QED) is 0.326. The van der Waals surface area contributed by atoms with Crippen LogP contribution in [0.4, 0.5) is 0 Å². The molecule has 1 saturated carbocycles. The number of guanidine groups is 1. The highest BCUT2D eigenvalue weighted by molar-refractivity contribution is 14.0. The Balaban J connectivity index is 0.00000225. The Hall–Kier alpha value is -1.28. The summed E-state index contributed by atoms with van der Waals surface area (Å²) >= 11 is 0. The molecule has 0 radical (unpaired) electrons. The summed E-state index contributed by atoms with van der Waals surface area (Å²) in [5.74, 6) is 0.939. The number of nitrogens with one attached hydrogen (secondary N) is 3. The van der Waals surface area contributed by atoms with Crippen molar-refractivity contribution in [3.8, 4) is 0 Å². The molecule has 2 heterocycles. The summed E-state index contributed by atoms with van der Waals surface area (Å²) < 4.78 is 0. The van der Waals surface area contributed by atoms with Crippen LogP contribution in [0.5, 0.6) is 0 Å². The zero-order valence-electron chi connectivity index (χ0n) is 17.1. The van der Waals surface area contributed by atoms with Crippen LogP contribution in [0.1, 0.15) is 43.7 Å². The maximum absolute atomic E-state index is 4.43. The molecule has 1 aromatic heterocycles. The van der Waals surface area contributed by atoms with Crippen LogP contribution in [0.2, 0.25) is 0 Å². The second-order valence-corrected chi connectivity index (χ2v) is 7.94. The number of benzene rings is 1. The molecular formula is C22H34IN5. The van der Waals surface area contributed by atoms with E-state index in [4.69, 9.17) is 0 Å². The van der Waals surface area contributed by atoms with E-state index < -0.39 is 0 Å². The molecule has 3 N–H and O–H groups in total. The molecule has 2 fully saturated rings. The molecule has 28 heavy (non-hydrogen) atoms. The largest absolute Gasteiger partial charge is 0.361 e. The van der Waals surface area contributed by atoms with Crippen molar-refractivity contribution in [1.82, 2.24) is 20.5 Å². The molecule has 1 aliphatic heterocycles. The minimum atomic E-state index is 0. The number of aliphatic imine (C=N–C) groups is 1. The Morgan fingerprint density at radius 3 is 2.64 bits per heavy atom. The van der Waals surface area contributed by atoms with Crippen LogP contribution in [0.3, 0.4) is 0 Å². The molecule has 2 aliphatic rings. The van der Waals surface area contributed by atoms with Crippen molar-refractivity contribution >= 4 is 40.8 Å². The van der Waals surface area contributed by atoms with Crippen LogP contribution in [0.15, 0.2) is 29.4 Å². The Labute approximate surface area is 185 Å². The molecule has 0 spiro atoms. The summed E-state index contributed by atoms with van der Waals surface area (Å²) in [5, 5.41) is 8.48. The summed E-state index contributed by atoms with van der Waals surface area (Å²) in [6, 6.07) is 8.04. The number of para-hydroxylation sites is 1. The van der Waals surface area contributed by atoms with Crippen molar-refractivity contribution < 1.29 is 0 Å². The number of hydrogen-bond acceptors (Lipinski definition) is 2. The molecule has 0 unspecified atom stereocenters. The van der Waals surface area contributed by atoms with E-state index in [-0.39, 0.29) is 24.0 Å². The van der Waals surface area contributed by atoms with E-state index in [0.717, 1.165) is 31.4 Å². The van der Waals surface area contributed by atoms with Gasteiger partial charge in [0.05, 0.1) is 0 Å². The van der Waals surface area contributed by atoms with E-state index in [1.807, 2.05) is 7.05 Å². The summed E-state index contributed by atoms with van der Waals surface area (Å²) in [5.41, 5.74) is 4.06. The third kappa shape index (κ3) is 5.00. The molecule has 154 valence electrons. The minimum absolute atomic E-state index is 0. The van der Waals surface area contributed by atoms with Crippen molar-refractivity contribution in [3.63, 3.8) is 0 Å². The van der Waals surface area contributed by atoms with Gasteiger partial charge >= 0.3 is 0 Å². The highest BCUT2D eigenvalue weighted by Gasteiger charge is 2.31. The minimum Gasteiger partial charge on any atom is -0.361 e. The number of nitrogens with zero attached hydrogens (tertiary/aromatic N) is 2. The van der Waals surface area contributed by atoms with Gasteiger partial charge in [-0.3, -0.25) is 4.99 Å². The van der Waals surface area contributed by atoms with Crippen molar-refractivity contribution in [1.29, 1.82) is 0 Å². The predicted octanol–water partition coefficient (Wildman–Crippen LogP) is 3.68. The number of piperidine rings is 1. The second kappa shape index (κ2) is 9.96. The molecule has 1 aliphatic carbocycles. The third-order valence-corrected chi connectivity index (χ3v) is 6.11. The van der Waals surface area contributed by atoms with Crippen LogP contribution in [-0.4, -0.2) is 54.6 Å². The standard InChI is InChI=1S/C22H33N5.HI/c1-3-16-5-4-6-20-17(15-25-21(16)20)9-12-24-22(23-2)26-18-10-13-27(14-11-18)19-7-8-19;/h4-6,15,18-19,25H,3,7-14H2,1-2H3,(H2,23,24,26);1H. The number of rotatable bonds is 6. The number of halogens is 1. The number of aryl methyl sites for hydroxylation is 1. The summed E-state index contributed by atoms with van der Waals surface area (Å²) in [7, 11) is 1.87.